The Balaban J connectivity index is 1.31. The van der Waals surface area contributed by atoms with E-state index in [1.165, 1.54) is 6.20 Å². The van der Waals surface area contributed by atoms with Crippen molar-refractivity contribution >= 4 is 23.3 Å². The lowest BCUT2D eigenvalue weighted by Gasteiger charge is -2.10. The zero-order valence-corrected chi connectivity index (χ0v) is 19.7. The number of amides is 1. The number of aromatic nitrogens is 5. The van der Waals surface area contributed by atoms with Gasteiger partial charge >= 0.3 is 0 Å². The zero-order valence-electron chi connectivity index (χ0n) is 19.7. The molecule has 3 aromatic heterocycles. The molecular formula is C25H26N8O2. The van der Waals surface area contributed by atoms with Crippen molar-refractivity contribution < 1.29 is 9.32 Å². The van der Waals surface area contributed by atoms with Gasteiger partial charge in [0.15, 0.2) is 0 Å². The maximum atomic E-state index is 12.5. The van der Waals surface area contributed by atoms with E-state index >= 15 is 0 Å². The maximum Gasteiger partial charge on any atom is 0.292 e. The molecule has 0 aliphatic heterocycles. The van der Waals surface area contributed by atoms with Crippen molar-refractivity contribution in [2.75, 3.05) is 7.05 Å². The molecule has 0 radical (unpaired) electrons. The molecule has 2 atom stereocenters. The number of allylic oxidation sites excluding steroid dienone is 1. The molecule has 35 heavy (non-hydrogen) atoms. The molecule has 1 fully saturated rings. The molecule has 1 aliphatic rings. The van der Waals surface area contributed by atoms with Crippen LogP contribution in [-0.2, 0) is 6.54 Å². The van der Waals surface area contributed by atoms with E-state index in [1.807, 2.05) is 40.9 Å². The zero-order chi connectivity index (χ0) is 24.5. The van der Waals surface area contributed by atoms with Gasteiger partial charge in [0.1, 0.15) is 11.5 Å². The van der Waals surface area contributed by atoms with Crippen molar-refractivity contribution in [1.29, 1.82) is 0 Å². The molecule has 0 saturated heterocycles. The quantitative estimate of drug-likeness (QED) is 0.396. The summed E-state index contributed by atoms with van der Waals surface area (Å²) in [5.74, 6) is 2.21. The molecule has 178 valence electrons. The number of aliphatic imine (C=N–C) groups is 1. The van der Waals surface area contributed by atoms with Gasteiger partial charge in [-0.15, -0.1) is 0 Å². The predicted octanol–water partition coefficient (Wildman–Crippen LogP) is 3.08. The molecular weight excluding hydrogens is 444 g/mol. The third-order valence-corrected chi connectivity index (χ3v) is 6.55. The second-order valence-corrected chi connectivity index (χ2v) is 8.71. The van der Waals surface area contributed by atoms with Crippen LogP contribution in [0.1, 0.15) is 47.5 Å². The van der Waals surface area contributed by atoms with Crippen LogP contribution in [0.4, 0.5) is 0 Å². The Morgan fingerprint density at radius 2 is 2.00 bits per heavy atom. The number of nitrogens with two attached hydrogens (primary N) is 1. The second-order valence-electron chi connectivity index (χ2n) is 8.71. The fraction of sp³-hybridized carbons (Fsp3) is 0.280. The summed E-state index contributed by atoms with van der Waals surface area (Å²) in [6.45, 7) is 4.61. The Kier molecular flexibility index (Phi) is 5.86. The normalized spacial score (nSPS) is 20.0. The van der Waals surface area contributed by atoms with Gasteiger partial charge in [-0.1, -0.05) is 43.3 Å². The topological polar surface area (TPSA) is 137 Å². The van der Waals surface area contributed by atoms with Crippen molar-refractivity contribution in [1.82, 2.24) is 29.8 Å². The average Bonchev–Trinajstić information content (AvgIpc) is 3.29. The van der Waals surface area contributed by atoms with Gasteiger partial charge < -0.3 is 15.6 Å². The van der Waals surface area contributed by atoms with E-state index in [2.05, 4.69) is 39.3 Å². The van der Waals surface area contributed by atoms with E-state index in [0.717, 1.165) is 22.6 Å². The summed E-state index contributed by atoms with van der Waals surface area (Å²) in [6.07, 6.45) is 6.72. The first kappa shape index (κ1) is 22.5. The van der Waals surface area contributed by atoms with Crippen LogP contribution in [0.15, 0.2) is 58.4 Å². The van der Waals surface area contributed by atoms with Gasteiger partial charge in [-0.05, 0) is 17.4 Å². The number of hydrogen-bond acceptors (Lipinski definition) is 8. The smallest absolute Gasteiger partial charge is 0.292 e. The number of imidazole rings is 1. The lowest BCUT2D eigenvalue weighted by atomic mass is 10.1. The summed E-state index contributed by atoms with van der Waals surface area (Å²) in [6, 6.07) is 9.65. The fourth-order valence-electron chi connectivity index (χ4n) is 4.22. The minimum atomic E-state index is -0.363. The molecule has 5 rings (SSSR count). The number of nitrogens with one attached hydrogen (secondary N) is 1. The highest BCUT2D eigenvalue weighted by atomic mass is 16.5. The van der Waals surface area contributed by atoms with Crippen LogP contribution in [-0.4, -0.2) is 43.7 Å². The maximum absolute atomic E-state index is 12.5. The second kappa shape index (κ2) is 9.13. The number of fused-ring (bicyclic) bond motifs is 1. The Hall–Kier alpha value is -4.34. The van der Waals surface area contributed by atoms with Crippen molar-refractivity contribution in [3.05, 3.63) is 71.9 Å². The van der Waals surface area contributed by atoms with Crippen LogP contribution in [0.5, 0.6) is 0 Å². The number of hydrogen-bond donors (Lipinski definition) is 2. The monoisotopic (exact) mass is 470 g/mol. The third kappa shape index (κ3) is 4.30. The van der Waals surface area contributed by atoms with Crippen LogP contribution in [0.3, 0.4) is 0 Å². The number of carbonyl (C=O) groups is 1. The summed E-state index contributed by atoms with van der Waals surface area (Å²) in [4.78, 5) is 30.0. The highest BCUT2D eigenvalue weighted by Gasteiger charge is 2.48. The van der Waals surface area contributed by atoms with Gasteiger partial charge in [0.25, 0.3) is 11.7 Å². The standard InChI is InChI=1S/C25H26N8O2/c1-14-15(2)21(14)25-31-22(32-35-25)24(34)29-12-16-4-6-17(7-5-16)23-30-19(18(11-26)13-27-3)10-20-28-8-9-33(20)23/h4-11,13-15,21H,12,26H2,1-3H3,(H,29,34). The largest absolute Gasteiger partial charge is 0.404 e. The van der Waals surface area contributed by atoms with Crippen LogP contribution < -0.4 is 11.1 Å². The molecule has 2 unspecified atom stereocenters. The van der Waals surface area contributed by atoms with Gasteiger partial charge in [0.2, 0.25) is 5.89 Å². The van der Waals surface area contributed by atoms with Crippen molar-refractivity contribution in [3.63, 3.8) is 0 Å². The van der Waals surface area contributed by atoms with E-state index in [0.29, 0.717) is 35.5 Å². The fourth-order valence-corrected chi connectivity index (χ4v) is 4.22. The van der Waals surface area contributed by atoms with Gasteiger partial charge in [-0.2, -0.15) is 4.98 Å². The van der Waals surface area contributed by atoms with Crippen molar-refractivity contribution in [2.45, 2.75) is 26.3 Å². The van der Waals surface area contributed by atoms with Crippen LogP contribution in [0, 0.1) is 11.8 Å². The Morgan fingerprint density at radius 1 is 1.23 bits per heavy atom. The molecule has 3 N–H and O–H groups in total. The minimum Gasteiger partial charge on any atom is -0.404 e. The van der Waals surface area contributed by atoms with Gasteiger partial charge in [-0.25, -0.2) is 9.97 Å². The van der Waals surface area contributed by atoms with Gasteiger partial charge in [0, 0.05) is 61.5 Å². The van der Waals surface area contributed by atoms with E-state index in [4.69, 9.17) is 15.2 Å². The van der Waals surface area contributed by atoms with Crippen molar-refractivity contribution in [3.8, 4) is 11.4 Å². The van der Waals surface area contributed by atoms with Gasteiger partial charge in [-0.3, -0.25) is 14.2 Å². The first-order valence-electron chi connectivity index (χ1n) is 11.4. The Labute approximate surface area is 202 Å². The number of carbonyl (C=O) groups excluding carboxylic acids is 1. The number of benzene rings is 1. The van der Waals surface area contributed by atoms with E-state index in [9.17, 15) is 4.79 Å². The number of rotatable bonds is 7. The lowest BCUT2D eigenvalue weighted by molar-refractivity contribution is 0.0937. The summed E-state index contributed by atoms with van der Waals surface area (Å²) < 4.78 is 7.20. The first-order chi connectivity index (χ1) is 17.0. The Bertz CT molecular complexity index is 1430. The van der Waals surface area contributed by atoms with Crippen molar-refractivity contribution in [2.24, 2.45) is 22.6 Å². The van der Waals surface area contributed by atoms with Gasteiger partial charge in [0.05, 0.1) is 5.69 Å². The summed E-state index contributed by atoms with van der Waals surface area (Å²) in [5.41, 5.74) is 9.73. The predicted molar refractivity (Wildman–Crippen MR) is 132 cm³/mol. The molecule has 0 bridgehead atoms. The highest BCUT2D eigenvalue weighted by Crippen LogP contribution is 2.52. The van der Waals surface area contributed by atoms with E-state index < -0.39 is 0 Å². The van der Waals surface area contributed by atoms with Crippen LogP contribution >= 0.6 is 0 Å². The third-order valence-electron chi connectivity index (χ3n) is 6.55. The lowest BCUT2D eigenvalue weighted by Crippen LogP contribution is -2.24. The molecule has 10 heteroatoms. The SMILES string of the molecule is CN=CC(=CN)c1cc2nccn2c(-c2ccc(CNC(=O)c3noc(C4C(C)C4C)n3)cc2)n1. The van der Waals surface area contributed by atoms with Crippen LogP contribution in [0.2, 0.25) is 0 Å². The molecule has 10 nitrogen and oxygen atoms in total. The molecule has 0 spiro atoms. The summed E-state index contributed by atoms with van der Waals surface area (Å²) in [5, 5.41) is 6.69. The van der Waals surface area contributed by atoms with E-state index in [-0.39, 0.29) is 17.6 Å². The first-order valence-corrected chi connectivity index (χ1v) is 11.4. The molecule has 4 aromatic rings. The average molecular weight is 471 g/mol. The molecule has 1 saturated carbocycles. The Morgan fingerprint density at radius 3 is 2.69 bits per heavy atom. The summed E-state index contributed by atoms with van der Waals surface area (Å²) in [7, 11) is 1.68. The summed E-state index contributed by atoms with van der Waals surface area (Å²) >= 11 is 0. The van der Waals surface area contributed by atoms with E-state index in [1.54, 1.807) is 19.5 Å². The molecule has 1 aliphatic carbocycles. The molecule has 3 heterocycles. The molecule has 1 amide bonds. The minimum absolute atomic E-state index is 0.0609. The molecule has 1 aromatic carbocycles. The number of nitrogens with zero attached hydrogens (tertiary/aromatic N) is 6. The van der Waals surface area contributed by atoms with Crippen LogP contribution in [0.25, 0.3) is 22.6 Å². The highest BCUT2D eigenvalue weighted by molar-refractivity contribution is 6.09.